The Morgan fingerprint density at radius 3 is 2.45 bits per heavy atom. The van der Waals surface area contributed by atoms with Gasteiger partial charge >= 0.3 is 6.09 Å². The van der Waals surface area contributed by atoms with E-state index in [-0.39, 0.29) is 24.2 Å². The van der Waals surface area contributed by atoms with Crippen LogP contribution in [0.4, 0.5) is 13.6 Å². The fourth-order valence-electron chi connectivity index (χ4n) is 5.42. The van der Waals surface area contributed by atoms with Gasteiger partial charge in [0.1, 0.15) is 17.2 Å². The minimum atomic E-state index is -0.606. The van der Waals surface area contributed by atoms with Crippen LogP contribution in [0, 0.1) is 17.0 Å². The summed E-state index contributed by atoms with van der Waals surface area (Å²) in [7, 11) is 0. The van der Waals surface area contributed by atoms with Gasteiger partial charge in [-0.25, -0.2) is 18.6 Å². The van der Waals surface area contributed by atoms with Gasteiger partial charge in [0, 0.05) is 67.4 Å². The third-order valence-corrected chi connectivity index (χ3v) is 7.80. The lowest BCUT2D eigenvalue weighted by Crippen LogP contribution is -2.45. The summed E-state index contributed by atoms with van der Waals surface area (Å²) in [4.78, 5) is 25.5. The molecule has 2 saturated heterocycles. The molecule has 3 heterocycles. The smallest absolute Gasteiger partial charge is 0.410 e. The van der Waals surface area contributed by atoms with Crippen molar-refractivity contribution in [2.24, 2.45) is 0 Å². The summed E-state index contributed by atoms with van der Waals surface area (Å²) < 4.78 is 41.4. The average Bonchev–Trinajstić information content (AvgIpc) is 2.98. The molecule has 0 aliphatic carbocycles. The SMILES string of the molecule is CC(=N)/C(=C\NC1CCN(C(=O)OC(C)(C)C)CC1)c1cnc2cccc(-c3cc(F)c(CN4CCOCC4)c(F)c3)c2n1. The van der Waals surface area contributed by atoms with Gasteiger partial charge in [-0.05, 0) is 64.3 Å². The molecule has 234 valence electrons. The number of rotatable bonds is 7. The first kappa shape index (κ1) is 31.5. The molecule has 0 unspecified atom stereocenters. The van der Waals surface area contributed by atoms with Gasteiger partial charge < -0.3 is 25.1 Å². The number of halogens is 2. The first-order valence-corrected chi connectivity index (χ1v) is 15.0. The molecule has 0 spiro atoms. The van der Waals surface area contributed by atoms with E-state index in [9.17, 15) is 4.79 Å². The predicted molar refractivity (Wildman–Crippen MR) is 166 cm³/mol. The normalized spacial score (nSPS) is 17.1. The quantitative estimate of drug-likeness (QED) is 0.329. The van der Waals surface area contributed by atoms with Gasteiger partial charge in [-0.1, -0.05) is 12.1 Å². The minimum Gasteiger partial charge on any atom is -0.444 e. The van der Waals surface area contributed by atoms with Crippen molar-refractivity contribution in [2.45, 2.75) is 58.7 Å². The second-order valence-corrected chi connectivity index (χ2v) is 12.3. The van der Waals surface area contributed by atoms with Crippen LogP contribution in [-0.4, -0.2) is 82.6 Å². The van der Waals surface area contributed by atoms with Gasteiger partial charge in [-0.15, -0.1) is 0 Å². The lowest BCUT2D eigenvalue weighted by molar-refractivity contribution is 0.0201. The third kappa shape index (κ3) is 7.57. The van der Waals surface area contributed by atoms with E-state index in [0.717, 1.165) is 12.8 Å². The Balaban J connectivity index is 1.36. The topological polar surface area (TPSA) is 104 Å². The zero-order valence-corrected chi connectivity index (χ0v) is 25.8. The number of amides is 1. The molecule has 2 aliphatic rings. The second kappa shape index (κ2) is 13.4. The van der Waals surface area contributed by atoms with Crippen LogP contribution in [0.2, 0.25) is 0 Å². The number of carbonyl (C=O) groups excluding carboxylic acids is 1. The summed E-state index contributed by atoms with van der Waals surface area (Å²) >= 11 is 0. The van der Waals surface area contributed by atoms with E-state index in [1.165, 1.54) is 12.1 Å². The van der Waals surface area contributed by atoms with Gasteiger partial charge in [0.2, 0.25) is 0 Å². The lowest BCUT2D eigenvalue weighted by Gasteiger charge is -2.33. The van der Waals surface area contributed by atoms with E-state index >= 15 is 8.78 Å². The van der Waals surface area contributed by atoms with E-state index in [2.05, 4.69) is 10.3 Å². The summed E-state index contributed by atoms with van der Waals surface area (Å²) in [6, 6.07) is 8.17. The van der Waals surface area contributed by atoms with Crippen LogP contribution in [0.15, 0.2) is 42.7 Å². The molecule has 2 aromatic carbocycles. The van der Waals surface area contributed by atoms with Crippen molar-refractivity contribution in [3.05, 3.63) is 65.6 Å². The van der Waals surface area contributed by atoms with E-state index in [4.69, 9.17) is 19.9 Å². The number of hydrogen-bond acceptors (Lipinski definition) is 8. The van der Waals surface area contributed by atoms with Crippen molar-refractivity contribution in [3.8, 4) is 11.1 Å². The van der Waals surface area contributed by atoms with Gasteiger partial charge in [0.15, 0.2) is 0 Å². The number of allylic oxidation sites excluding steroid dienone is 1. The summed E-state index contributed by atoms with van der Waals surface area (Å²) in [5.41, 5.74) is 2.81. The maximum absolute atomic E-state index is 15.3. The van der Waals surface area contributed by atoms with Crippen molar-refractivity contribution in [3.63, 3.8) is 0 Å². The summed E-state index contributed by atoms with van der Waals surface area (Å²) in [5, 5.41) is 11.8. The molecule has 0 bridgehead atoms. The standard InChI is InChI=1S/C33H40F2N6O3/c1-21(36)25(18-37-23-8-10-41(11-9-23)32(42)44-33(2,3)4)30-19-38-29-7-5-6-24(31(29)39-30)22-16-27(34)26(28(35)17-22)20-40-12-14-43-15-13-40/h5-7,16-19,23,36-37H,8-15,20H2,1-4H3/b25-18+,36-21?. The number of benzene rings is 2. The number of nitrogens with one attached hydrogen (secondary N) is 2. The number of aromatic nitrogens is 2. The number of ether oxygens (including phenoxy) is 2. The predicted octanol–water partition coefficient (Wildman–Crippen LogP) is 5.78. The molecule has 0 radical (unpaired) electrons. The van der Waals surface area contributed by atoms with Crippen LogP contribution in [0.5, 0.6) is 0 Å². The van der Waals surface area contributed by atoms with Gasteiger partial charge in [0.05, 0.1) is 36.1 Å². The second-order valence-electron chi connectivity index (χ2n) is 12.3. The minimum absolute atomic E-state index is 0.0373. The highest BCUT2D eigenvalue weighted by Gasteiger charge is 2.27. The molecule has 0 saturated carbocycles. The van der Waals surface area contributed by atoms with Crippen LogP contribution in [0.25, 0.3) is 27.7 Å². The number of nitrogens with zero attached hydrogens (tertiary/aromatic N) is 4. The number of carbonyl (C=O) groups is 1. The van der Waals surface area contributed by atoms with Crippen LogP contribution in [0.3, 0.4) is 0 Å². The molecule has 2 aliphatic heterocycles. The molecule has 9 nitrogen and oxygen atoms in total. The third-order valence-electron chi connectivity index (χ3n) is 7.80. The highest BCUT2D eigenvalue weighted by atomic mass is 19.1. The van der Waals surface area contributed by atoms with Crippen LogP contribution >= 0.6 is 0 Å². The number of piperidine rings is 1. The molecular weight excluding hydrogens is 566 g/mol. The summed E-state index contributed by atoms with van der Waals surface area (Å²) in [5.74, 6) is -1.21. The number of morpholine rings is 1. The first-order chi connectivity index (χ1) is 21.0. The molecular formula is C33H40F2N6O3. The molecule has 11 heteroatoms. The highest BCUT2D eigenvalue weighted by Crippen LogP contribution is 2.31. The molecule has 3 aromatic rings. The van der Waals surface area contributed by atoms with Crippen LogP contribution < -0.4 is 5.32 Å². The highest BCUT2D eigenvalue weighted by molar-refractivity contribution is 6.20. The lowest BCUT2D eigenvalue weighted by atomic mass is 10.0. The van der Waals surface area contributed by atoms with E-state index in [1.54, 1.807) is 42.4 Å². The van der Waals surface area contributed by atoms with Crippen molar-refractivity contribution in [1.82, 2.24) is 25.1 Å². The number of fused-ring (bicyclic) bond motifs is 1. The Kier molecular flexibility index (Phi) is 9.55. The molecule has 0 atom stereocenters. The fraction of sp³-hybridized carbons (Fsp3) is 0.455. The van der Waals surface area contributed by atoms with E-state index < -0.39 is 17.2 Å². The fourth-order valence-corrected chi connectivity index (χ4v) is 5.42. The Hall–Kier alpha value is -3.96. The maximum atomic E-state index is 15.3. The monoisotopic (exact) mass is 606 g/mol. The van der Waals surface area contributed by atoms with Crippen molar-refractivity contribution in [2.75, 3.05) is 39.4 Å². The largest absolute Gasteiger partial charge is 0.444 e. The van der Waals surface area contributed by atoms with Gasteiger partial charge in [0.25, 0.3) is 0 Å². The Labute approximate surface area is 256 Å². The van der Waals surface area contributed by atoms with Gasteiger partial charge in [-0.2, -0.15) is 0 Å². The zero-order chi connectivity index (χ0) is 31.4. The van der Waals surface area contributed by atoms with E-state index in [1.807, 2.05) is 25.7 Å². The van der Waals surface area contributed by atoms with Crippen molar-refractivity contribution in [1.29, 1.82) is 5.41 Å². The van der Waals surface area contributed by atoms with Crippen LogP contribution in [-0.2, 0) is 16.0 Å². The first-order valence-electron chi connectivity index (χ1n) is 15.0. The molecule has 1 amide bonds. The Morgan fingerprint density at radius 2 is 1.82 bits per heavy atom. The molecule has 5 rings (SSSR count). The number of hydrogen-bond donors (Lipinski definition) is 2. The number of likely N-dealkylation sites (tertiary alicyclic amines) is 1. The molecule has 44 heavy (non-hydrogen) atoms. The van der Waals surface area contributed by atoms with Crippen molar-refractivity contribution < 1.29 is 23.0 Å². The van der Waals surface area contributed by atoms with E-state index in [0.29, 0.717) is 78.5 Å². The van der Waals surface area contributed by atoms with Crippen molar-refractivity contribution >= 4 is 28.4 Å². The zero-order valence-electron chi connectivity index (χ0n) is 25.8. The number of para-hydroxylation sites is 1. The average molecular weight is 607 g/mol. The molecule has 2 N–H and O–H groups in total. The summed E-state index contributed by atoms with van der Waals surface area (Å²) in [6.07, 6.45) is 4.53. The van der Waals surface area contributed by atoms with Gasteiger partial charge in [-0.3, -0.25) is 9.88 Å². The molecule has 1 aromatic heterocycles. The summed E-state index contributed by atoms with van der Waals surface area (Å²) in [6.45, 7) is 10.9. The Morgan fingerprint density at radius 1 is 1.14 bits per heavy atom. The van der Waals surface area contributed by atoms with Crippen LogP contribution in [0.1, 0.15) is 51.8 Å². The maximum Gasteiger partial charge on any atom is 0.410 e. The Bertz CT molecular complexity index is 1530. The molecule has 2 fully saturated rings.